The van der Waals surface area contributed by atoms with Crippen molar-refractivity contribution in [2.24, 2.45) is 0 Å². The van der Waals surface area contributed by atoms with Gasteiger partial charge in [0.1, 0.15) is 48.5 Å². The van der Waals surface area contributed by atoms with E-state index in [9.17, 15) is 29.6 Å². The number of nitrogens with two attached hydrogens (primary N) is 1. The van der Waals surface area contributed by atoms with Crippen LogP contribution in [0, 0.1) is 0 Å². The Balaban J connectivity index is 1.34. The summed E-state index contributed by atoms with van der Waals surface area (Å²) in [6.07, 6.45) is -7.60. The third kappa shape index (κ3) is 5.62. The van der Waals surface area contributed by atoms with Crippen LogP contribution < -0.4 is 17.0 Å². The maximum absolute atomic E-state index is 12.5. The molecule has 0 radical (unpaired) electrons. The second-order valence-corrected chi connectivity index (χ2v) is 15.0. The molecule has 3 saturated heterocycles. The lowest BCUT2D eigenvalue weighted by atomic mass is 10.1. The fraction of sp³-hybridized carbons (Fsp3) is 0.526. The van der Waals surface area contributed by atoms with E-state index in [2.05, 4.69) is 15.0 Å². The van der Waals surface area contributed by atoms with Crippen molar-refractivity contribution in [2.75, 3.05) is 18.9 Å². The molecule has 4 bridgehead atoms. The van der Waals surface area contributed by atoms with Gasteiger partial charge in [0, 0.05) is 12.3 Å². The quantitative estimate of drug-likeness (QED) is 0.157. The van der Waals surface area contributed by atoms with Crippen LogP contribution >= 0.6 is 13.4 Å². The van der Waals surface area contributed by atoms with Crippen molar-refractivity contribution in [3.05, 3.63) is 45.8 Å². The van der Waals surface area contributed by atoms with Gasteiger partial charge in [0.25, 0.3) is 5.56 Å². The molecule has 6 heterocycles. The molecule has 3 aliphatic rings. The Morgan fingerprint density at radius 1 is 0.929 bits per heavy atom. The summed E-state index contributed by atoms with van der Waals surface area (Å²) >= 11 is 10.3. The predicted molar refractivity (Wildman–Crippen MR) is 146 cm³/mol. The predicted octanol–water partition coefficient (Wildman–Crippen LogP) is -2.27. The van der Waals surface area contributed by atoms with Gasteiger partial charge in [-0.1, -0.05) is 0 Å². The summed E-state index contributed by atoms with van der Waals surface area (Å²) in [6, 6.07) is 1.03. The molecule has 3 aromatic heterocycles. The number of hydrogen-bond donors (Lipinski definition) is 6. The Bertz CT molecular complexity index is 1720. The van der Waals surface area contributed by atoms with Gasteiger partial charge in [-0.05, 0) is 23.6 Å². The van der Waals surface area contributed by atoms with Crippen LogP contribution in [0.25, 0.3) is 11.2 Å². The van der Waals surface area contributed by atoms with E-state index in [0.717, 1.165) is 16.8 Å². The van der Waals surface area contributed by atoms with E-state index in [1.165, 1.54) is 17.2 Å². The molecule has 10 atom stereocenters. The minimum Gasteiger partial charge on any atom is -0.387 e. The lowest BCUT2D eigenvalue weighted by molar-refractivity contribution is -0.0635. The normalized spacial score (nSPS) is 39.3. The van der Waals surface area contributed by atoms with Gasteiger partial charge >= 0.3 is 19.1 Å². The van der Waals surface area contributed by atoms with E-state index < -0.39 is 87.0 Å². The van der Waals surface area contributed by atoms with Crippen LogP contribution in [0.2, 0.25) is 0 Å². The van der Waals surface area contributed by atoms with E-state index in [-0.39, 0.29) is 17.0 Å². The van der Waals surface area contributed by atoms with Gasteiger partial charge in [-0.2, -0.15) is 0 Å². The van der Waals surface area contributed by atoms with Crippen molar-refractivity contribution in [2.45, 2.75) is 49.1 Å². The van der Waals surface area contributed by atoms with Crippen molar-refractivity contribution in [1.82, 2.24) is 29.1 Å². The number of ether oxygens (including phenoxy) is 2. The number of aliphatic hydroxyl groups excluding tert-OH is 2. The van der Waals surface area contributed by atoms with Crippen molar-refractivity contribution >= 4 is 54.0 Å². The largest absolute Gasteiger partial charge is 0.387 e. The van der Waals surface area contributed by atoms with Gasteiger partial charge in [-0.25, -0.2) is 19.7 Å². The summed E-state index contributed by atoms with van der Waals surface area (Å²) in [5.74, 6) is 0.0813. The van der Waals surface area contributed by atoms with Crippen LogP contribution in [0.4, 0.5) is 5.82 Å². The molecule has 3 fully saturated rings. The number of nitrogens with one attached hydrogen (secondary N) is 1. The van der Waals surface area contributed by atoms with E-state index >= 15 is 0 Å². The van der Waals surface area contributed by atoms with Gasteiger partial charge in [-0.15, -0.1) is 0 Å². The summed E-state index contributed by atoms with van der Waals surface area (Å²) in [5, 5.41) is 22.1. The fourth-order valence-electron chi connectivity index (χ4n) is 4.77. The van der Waals surface area contributed by atoms with E-state index in [1.54, 1.807) is 0 Å². The first-order valence-corrected chi connectivity index (χ1v) is 17.2. The fourth-order valence-corrected chi connectivity index (χ4v) is 7.60. The lowest BCUT2D eigenvalue weighted by Gasteiger charge is -2.28. The second kappa shape index (κ2) is 11.1. The average molecular weight is 668 g/mol. The summed E-state index contributed by atoms with van der Waals surface area (Å²) in [7, 11) is 0. The molecule has 0 aromatic carbocycles. The van der Waals surface area contributed by atoms with E-state index in [4.69, 9.17) is 56.9 Å². The number of hydrogen-bond acceptors (Lipinski definition) is 16. The Kier molecular flexibility index (Phi) is 7.95. The number of aromatic amines is 1. The molecular formula is C19H23N7O12P2S2. The first kappa shape index (κ1) is 30.0. The van der Waals surface area contributed by atoms with Crippen LogP contribution in [0.3, 0.4) is 0 Å². The third-order valence-electron chi connectivity index (χ3n) is 6.73. The third-order valence-corrected chi connectivity index (χ3v) is 9.85. The van der Waals surface area contributed by atoms with E-state index in [0.29, 0.717) is 0 Å². The molecule has 0 spiro atoms. The van der Waals surface area contributed by atoms with Crippen molar-refractivity contribution in [1.29, 1.82) is 0 Å². The number of rotatable bonds is 2. The molecule has 19 nitrogen and oxygen atoms in total. The van der Waals surface area contributed by atoms with Gasteiger partial charge in [0.15, 0.2) is 23.9 Å². The van der Waals surface area contributed by atoms with Gasteiger partial charge < -0.3 is 44.3 Å². The minimum absolute atomic E-state index is 0.0813. The maximum atomic E-state index is 12.5. The zero-order chi connectivity index (χ0) is 30.0. The monoisotopic (exact) mass is 667 g/mol. The molecule has 6 rings (SSSR count). The number of aromatic nitrogens is 6. The highest BCUT2D eigenvalue weighted by atomic mass is 32.5. The average Bonchev–Trinajstić information content (AvgIpc) is 3.57. The van der Waals surface area contributed by atoms with Crippen LogP contribution in [0.15, 0.2) is 34.5 Å². The molecule has 3 aromatic rings. The zero-order valence-corrected chi connectivity index (χ0v) is 24.3. The molecule has 0 aliphatic carbocycles. The Morgan fingerprint density at radius 2 is 1.50 bits per heavy atom. The van der Waals surface area contributed by atoms with Gasteiger partial charge in [-0.3, -0.25) is 28.0 Å². The van der Waals surface area contributed by atoms with Crippen LogP contribution in [0.5, 0.6) is 0 Å². The standard InChI is InChI=1S/C19H23N7O12P2S2/c20-15-10-16(22-5-21-15)26(6-23-10)18-14-12(29)8(36-18)4-34-39(31,41)37-13-11(28)7(3-33-40(32,42)38-14)35-17(13)25-2-1-9(27)24-19(25)30/h1-2,5-8,11-14,17-18,28-29H,3-4H2,(H,31,41)(H,32,42)(H2,20,21,22)(H,24,27,30)/t7-,8-,11-,12-,13-,14-,17-,18-,39?,40?/m1/s1. The molecule has 23 heteroatoms. The van der Waals surface area contributed by atoms with Crippen LogP contribution in [-0.2, 0) is 51.2 Å². The first-order valence-electron chi connectivity index (χ1n) is 12.1. The topological polar surface area (TPSA) is 261 Å². The minimum atomic E-state index is -4.22. The molecule has 3 aliphatic heterocycles. The second-order valence-electron chi connectivity index (χ2n) is 9.38. The highest BCUT2D eigenvalue weighted by molar-refractivity contribution is 8.07. The highest BCUT2D eigenvalue weighted by Crippen LogP contribution is 2.53. The molecular weight excluding hydrogens is 644 g/mol. The molecule has 0 amide bonds. The number of nitrogens with zero attached hydrogens (tertiary/aromatic N) is 5. The summed E-state index contributed by atoms with van der Waals surface area (Å²) < 4.78 is 36.2. The number of aliphatic hydroxyl groups is 2. The van der Waals surface area contributed by atoms with Crippen molar-refractivity contribution in [3.8, 4) is 0 Å². The number of anilines is 1. The number of fused-ring (bicyclic) bond motifs is 5. The first-order chi connectivity index (χ1) is 19.8. The summed E-state index contributed by atoms with van der Waals surface area (Å²) in [6.45, 7) is -9.57. The molecule has 7 N–H and O–H groups in total. The van der Waals surface area contributed by atoms with Gasteiger partial charge in [0.05, 0.1) is 19.5 Å². The van der Waals surface area contributed by atoms with Crippen molar-refractivity contribution < 1.29 is 47.6 Å². The Morgan fingerprint density at radius 3 is 2.07 bits per heavy atom. The number of imidazole rings is 1. The SMILES string of the molecule is Nc1ncnc2c1ncn2[C@@H]1O[C@@H]2COP(O)(=S)O[C@@H]3[C@H](O)[C@@H](COP(O)(=S)O[C@@H]1[C@@H]2O)O[C@H]3n1ccc(=O)[nH]c1=O. The molecule has 42 heavy (non-hydrogen) atoms. The Hall–Kier alpha value is -2.07. The lowest BCUT2D eigenvalue weighted by Crippen LogP contribution is -2.39. The van der Waals surface area contributed by atoms with Crippen LogP contribution in [0.1, 0.15) is 12.5 Å². The van der Waals surface area contributed by atoms with Crippen molar-refractivity contribution in [3.63, 3.8) is 0 Å². The molecule has 2 unspecified atom stereocenters. The summed E-state index contributed by atoms with van der Waals surface area (Å²) in [4.78, 5) is 60.1. The molecule has 0 saturated carbocycles. The number of H-pyrrole nitrogens is 1. The summed E-state index contributed by atoms with van der Waals surface area (Å²) in [5.41, 5.74) is 4.73. The maximum Gasteiger partial charge on any atom is 0.330 e. The number of nitrogen functional groups attached to an aromatic ring is 1. The Labute approximate surface area is 244 Å². The molecule has 228 valence electrons. The highest BCUT2D eigenvalue weighted by Gasteiger charge is 2.52. The van der Waals surface area contributed by atoms with Crippen LogP contribution in [-0.4, -0.2) is 98.9 Å². The zero-order valence-electron chi connectivity index (χ0n) is 20.9. The van der Waals surface area contributed by atoms with Gasteiger partial charge in [0.2, 0.25) is 0 Å². The smallest absolute Gasteiger partial charge is 0.330 e. The van der Waals surface area contributed by atoms with E-state index in [1.807, 2.05) is 4.98 Å².